The second-order valence-electron chi connectivity index (χ2n) is 21.1. The summed E-state index contributed by atoms with van der Waals surface area (Å²) in [5, 5.41) is 120. The highest BCUT2D eigenvalue weighted by Gasteiger charge is 2.53. The third kappa shape index (κ3) is 26.0. The van der Waals surface area contributed by atoms with Crippen molar-refractivity contribution in [3.63, 3.8) is 0 Å². The molecule has 19 heteroatoms. The molecule has 3 aliphatic rings. The van der Waals surface area contributed by atoms with Crippen LogP contribution in [-0.4, -0.2) is 193 Å². The molecule has 0 bridgehead atoms. The van der Waals surface area contributed by atoms with Crippen molar-refractivity contribution in [1.82, 2.24) is 5.32 Å². The van der Waals surface area contributed by atoms with Crippen molar-refractivity contribution in [2.24, 2.45) is 0 Å². The molecular formula is C58H103NO18. The van der Waals surface area contributed by atoms with Crippen LogP contribution in [0.25, 0.3) is 0 Å². The molecule has 77 heavy (non-hydrogen) atoms. The quantitative estimate of drug-likeness (QED) is 0.0291. The van der Waals surface area contributed by atoms with Crippen molar-refractivity contribution in [2.45, 2.75) is 285 Å². The van der Waals surface area contributed by atoms with Gasteiger partial charge in [-0.3, -0.25) is 4.79 Å². The van der Waals surface area contributed by atoms with Crippen LogP contribution < -0.4 is 5.32 Å². The summed E-state index contributed by atoms with van der Waals surface area (Å²) in [7, 11) is 0. The number of hydrogen-bond acceptors (Lipinski definition) is 18. The molecule has 17 atom stereocenters. The first kappa shape index (κ1) is 69.0. The summed E-state index contributed by atoms with van der Waals surface area (Å²) in [6.45, 7) is 1.62. The van der Waals surface area contributed by atoms with Gasteiger partial charge in [-0.15, -0.1) is 0 Å². The molecule has 12 N–H and O–H groups in total. The van der Waals surface area contributed by atoms with E-state index in [9.17, 15) is 61.0 Å². The second kappa shape index (κ2) is 41.7. The van der Waals surface area contributed by atoms with Crippen LogP contribution in [0.5, 0.6) is 0 Å². The van der Waals surface area contributed by atoms with E-state index in [2.05, 4.69) is 55.6 Å². The van der Waals surface area contributed by atoms with Gasteiger partial charge in [0.2, 0.25) is 5.91 Å². The summed E-state index contributed by atoms with van der Waals surface area (Å²) in [6, 6.07) is -0.999. The molecule has 0 saturated carbocycles. The van der Waals surface area contributed by atoms with Gasteiger partial charge in [-0.25, -0.2) is 0 Å². The Balaban J connectivity index is 1.52. The van der Waals surface area contributed by atoms with Crippen LogP contribution in [0.2, 0.25) is 0 Å². The predicted octanol–water partition coefficient (Wildman–Crippen LogP) is 4.70. The molecule has 0 aromatic carbocycles. The molecule has 3 aliphatic heterocycles. The van der Waals surface area contributed by atoms with E-state index in [4.69, 9.17) is 28.4 Å². The molecule has 19 nitrogen and oxygen atoms in total. The van der Waals surface area contributed by atoms with Crippen molar-refractivity contribution in [3.8, 4) is 0 Å². The number of nitrogens with one attached hydrogen (secondary N) is 1. The lowest BCUT2D eigenvalue weighted by Gasteiger charge is -2.48. The third-order valence-corrected chi connectivity index (χ3v) is 14.6. The number of unbranched alkanes of at least 4 members (excludes halogenated alkanes) is 20. The molecule has 0 radical (unpaired) electrons. The van der Waals surface area contributed by atoms with Crippen LogP contribution in [0.1, 0.15) is 181 Å². The van der Waals surface area contributed by atoms with Crippen LogP contribution in [0.15, 0.2) is 48.6 Å². The maximum absolute atomic E-state index is 13.2. The van der Waals surface area contributed by atoms with E-state index >= 15 is 0 Å². The molecule has 0 aromatic heterocycles. The lowest BCUT2D eigenvalue weighted by molar-refractivity contribution is -0.379. The molecule has 3 heterocycles. The fraction of sp³-hybridized carbons (Fsp3) is 0.845. The first-order valence-electron chi connectivity index (χ1n) is 29.4. The molecule has 3 rings (SSSR count). The fourth-order valence-corrected chi connectivity index (χ4v) is 9.67. The minimum absolute atomic E-state index is 0.220. The number of ether oxygens (including phenoxy) is 6. The van der Waals surface area contributed by atoms with Crippen molar-refractivity contribution < 1.29 is 89.4 Å². The molecule has 3 fully saturated rings. The topological polar surface area (TPSA) is 307 Å². The highest BCUT2D eigenvalue weighted by atomic mass is 16.8. The average Bonchev–Trinajstić information content (AvgIpc) is 3.43. The number of carbonyl (C=O) groups excluding carboxylic acids is 1. The van der Waals surface area contributed by atoms with Gasteiger partial charge in [0.1, 0.15) is 73.2 Å². The zero-order valence-corrected chi connectivity index (χ0v) is 46.4. The van der Waals surface area contributed by atoms with E-state index in [1.807, 2.05) is 6.08 Å². The van der Waals surface area contributed by atoms with E-state index in [1.54, 1.807) is 6.08 Å². The number of allylic oxidation sites excluding steroid dienone is 7. The standard InChI is InChI=1S/C58H103NO18/c1-3-5-7-9-11-13-15-16-17-18-19-20-21-22-23-24-26-27-29-31-33-35-42(63)41(59-46(64)36-34-32-30-28-25-14-12-10-8-6-4-2)40-72-56-52(70)49(67)54(44(38-61)74-56)77-58-53(71)50(68)55(45(39-62)75-58)76-57-51(69)48(66)47(65)43(37-60)73-57/h10,12,21-22,26-27,33,35,41-45,47-58,60-63,65-71H,3-9,11,13-20,23-25,28-32,34,36-40H2,1-2H3,(H,59,64)/b12-10-,22-21+,27-26+,35-33+. The number of amides is 1. The van der Waals surface area contributed by atoms with Gasteiger partial charge in [0.05, 0.1) is 38.6 Å². The molecule has 17 unspecified atom stereocenters. The number of aliphatic hydroxyl groups excluding tert-OH is 11. The summed E-state index contributed by atoms with van der Waals surface area (Å²) >= 11 is 0. The maximum Gasteiger partial charge on any atom is 0.220 e. The average molecular weight is 1100 g/mol. The largest absolute Gasteiger partial charge is 0.394 e. The first-order chi connectivity index (χ1) is 37.3. The monoisotopic (exact) mass is 1100 g/mol. The molecule has 0 spiro atoms. The van der Waals surface area contributed by atoms with Gasteiger partial charge in [-0.1, -0.05) is 159 Å². The van der Waals surface area contributed by atoms with E-state index in [0.717, 1.165) is 64.2 Å². The Kier molecular flexibility index (Phi) is 37.4. The summed E-state index contributed by atoms with van der Waals surface area (Å²) < 4.78 is 34.2. The summed E-state index contributed by atoms with van der Waals surface area (Å²) in [5.41, 5.74) is 0. The van der Waals surface area contributed by atoms with Crippen molar-refractivity contribution >= 4 is 5.91 Å². The lowest BCUT2D eigenvalue weighted by atomic mass is 9.96. The molecule has 0 aliphatic carbocycles. The Labute approximate surface area is 459 Å². The van der Waals surface area contributed by atoms with Crippen molar-refractivity contribution in [2.75, 3.05) is 26.4 Å². The van der Waals surface area contributed by atoms with Gasteiger partial charge in [0.25, 0.3) is 0 Å². The Morgan fingerprint density at radius 1 is 0.455 bits per heavy atom. The Hall–Kier alpha value is -2.25. The number of aliphatic hydroxyl groups is 11. The fourth-order valence-electron chi connectivity index (χ4n) is 9.67. The first-order valence-corrected chi connectivity index (χ1v) is 29.4. The lowest BCUT2D eigenvalue weighted by Crippen LogP contribution is -2.66. The molecule has 3 saturated heterocycles. The number of carbonyl (C=O) groups is 1. The summed E-state index contributed by atoms with van der Waals surface area (Å²) in [4.78, 5) is 13.2. The van der Waals surface area contributed by atoms with Gasteiger partial charge in [-0.2, -0.15) is 0 Å². The maximum atomic E-state index is 13.2. The highest BCUT2D eigenvalue weighted by Crippen LogP contribution is 2.33. The predicted molar refractivity (Wildman–Crippen MR) is 291 cm³/mol. The van der Waals surface area contributed by atoms with Crippen LogP contribution >= 0.6 is 0 Å². The van der Waals surface area contributed by atoms with Gasteiger partial charge < -0.3 is 89.9 Å². The Morgan fingerprint density at radius 2 is 0.844 bits per heavy atom. The second-order valence-corrected chi connectivity index (χ2v) is 21.1. The highest BCUT2D eigenvalue weighted by molar-refractivity contribution is 5.76. The summed E-state index contributed by atoms with van der Waals surface area (Å²) in [5.74, 6) is -0.303. The van der Waals surface area contributed by atoms with Crippen molar-refractivity contribution in [1.29, 1.82) is 0 Å². The van der Waals surface area contributed by atoms with Crippen LogP contribution in [0, 0.1) is 0 Å². The molecular weight excluding hydrogens is 999 g/mol. The van der Waals surface area contributed by atoms with Gasteiger partial charge in [-0.05, 0) is 64.2 Å². The molecule has 0 aromatic rings. The minimum atomic E-state index is -1.98. The van der Waals surface area contributed by atoms with Gasteiger partial charge in [0.15, 0.2) is 18.9 Å². The summed E-state index contributed by atoms with van der Waals surface area (Å²) in [6.07, 6.45) is 18.3. The van der Waals surface area contributed by atoms with Crippen LogP contribution in [0.3, 0.4) is 0 Å². The number of rotatable bonds is 42. The smallest absolute Gasteiger partial charge is 0.220 e. The Morgan fingerprint density at radius 3 is 1.34 bits per heavy atom. The van der Waals surface area contributed by atoms with E-state index in [-0.39, 0.29) is 18.9 Å². The zero-order chi connectivity index (χ0) is 56.2. The molecule has 448 valence electrons. The minimum Gasteiger partial charge on any atom is -0.394 e. The zero-order valence-electron chi connectivity index (χ0n) is 46.4. The SMILES string of the molecule is CCCC/C=C\CCCCCCCC(=O)NC(COC1OC(CO)C(OC2OC(CO)C(OC3OC(CO)C(O)C(O)C3O)C(O)C2O)C(O)C1O)C(O)/C=C/CC/C=C/CC/C=C/CCCCCCCCCCCCC. The van der Waals surface area contributed by atoms with Crippen LogP contribution in [0.4, 0.5) is 0 Å². The normalized spacial score (nSPS) is 31.1. The van der Waals surface area contributed by atoms with Gasteiger partial charge in [0, 0.05) is 6.42 Å². The molecule has 1 amide bonds. The van der Waals surface area contributed by atoms with Gasteiger partial charge >= 0.3 is 0 Å². The van der Waals surface area contributed by atoms with Crippen molar-refractivity contribution in [3.05, 3.63) is 48.6 Å². The number of hydrogen-bond donors (Lipinski definition) is 12. The van der Waals surface area contributed by atoms with Crippen LogP contribution in [-0.2, 0) is 33.2 Å². The third-order valence-electron chi connectivity index (χ3n) is 14.6. The van der Waals surface area contributed by atoms with E-state index in [1.165, 1.54) is 83.5 Å². The van der Waals surface area contributed by atoms with E-state index < -0.39 is 124 Å². The van der Waals surface area contributed by atoms with E-state index in [0.29, 0.717) is 12.8 Å². The Bertz CT molecular complexity index is 1600.